The first-order valence-electron chi connectivity index (χ1n) is 6.90. The molecule has 0 amide bonds. The maximum absolute atomic E-state index is 10.5. The molecule has 17 heavy (non-hydrogen) atoms. The Hall–Kier alpha value is -0.160. The van der Waals surface area contributed by atoms with Gasteiger partial charge in [-0.15, -0.1) is 0 Å². The van der Waals surface area contributed by atoms with Crippen molar-refractivity contribution in [1.82, 2.24) is 15.1 Å². The Morgan fingerprint density at radius 3 is 2.18 bits per heavy atom. The molecule has 2 heterocycles. The fraction of sp³-hybridized carbons (Fsp3) is 1.00. The highest BCUT2D eigenvalue weighted by Crippen LogP contribution is 2.21. The second kappa shape index (κ2) is 5.65. The van der Waals surface area contributed by atoms with Crippen LogP contribution in [0.25, 0.3) is 0 Å². The van der Waals surface area contributed by atoms with E-state index in [1.165, 1.54) is 25.9 Å². The van der Waals surface area contributed by atoms with Gasteiger partial charge >= 0.3 is 0 Å². The van der Waals surface area contributed by atoms with E-state index in [0.717, 1.165) is 32.5 Å². The molecule has 4 nitrogen and oxygen atoms in total. The SMILES string of the molecule is CN1CCC(NCC2(O)CCN(C)CC2)CC1. The maximum atomic E-state index is 10.5. The summed E-state index contributed by atoms with van der Waals surface area (Å²) < 4.78 is 0. The van der Waals surface area contributed by atoms with Crippen LogP contribution in [-0.2, 0) is 0 Å². The maximum Gasteiger partial charge on any atom is 0.0796 e. The molecule has 0 spiro atoms. The third-order valence-corrected chi connectivity index (χ3v) is 4.36. The molecular formula is C13H27N3O. The van der Waals surface area contributed by atoms with E-state index in [4.69, 9.17) is 0 Å². The average Bonchev–Trinajstić information content (AvgIpc) is 2.33. The van der Waals surface area contributed by atoms with Crippen LogP contribution in [-0.4, -0.2) is 73.4 Å². The van der Waals surface area contributed by atoms with E-state index < -0.39 is 5.60 Å². The summed E-state index contributed by atoms with van der Waals surface area (Å²) in [7, 11) is 4.31. The summed E-state index contributed by atoms with van der Waals surface area (Å²) in [5, 5.41) is 14.0. The standard InChI is InChI=1S/C13H27N3O/c1-15-7-3-12(4-8-15)14-11-13(17)5-9-16(2)10-6-13/h12,14,17H,3-11H2,1-2H3. The minimum Gasteiger partial charge on any atom is -0.388 e. The van der Waals surface area contributed by atoms with Gasteiger partial charge in [0.05, 0.1) is 5.60 Å². The highest BCUT2D eigenvalue weighted by atomic mass is 16.3. The van der Waals surface area contributed by atoms with Crippen LogP contribution in [0.15, 0.2) is 0 Å². The number of rotatable bonds is 3. The van der Waals surface area contributed by atoms with Gasteiger partial charge in [-0.3, -0.25) is 0 Å². The van der Waals surface area contributed by atoms with Crippen molar-refractivity contribution in [2.45, 2.75) is 37.3 Å². The van der Waals surface area contributed by atoms with Crippen molar-refractivity contribution in [3.05, 3.63) is 0 Å². The summed E-state index contributed by atoms with van der Waals surface area (Å²) in [5.41, 5.74) is -0.462. The van der Waals surface area contributed by atoms with Gasteiger partial charge in [0, 0.05) is 25.7 Å². The summed E-state index contributed by atoms with van der Waals surface area (Å²) in [6.45, 7) is 5.17. The molecule has 0 bridgehead atoms. The Bertz CT molecular complexity index is 231. The lowest BCUT2D eigenvalue weighted by atomic mass is 9.91. The summed E-state index contributed by atoms with van der Waals surface area (Å²) in [6, 6.07) is 0.606. The molecule has 0 unspecified atom stereocenters. The normalized spacial score (nSPS) is 28.4. The van der Waals surface area contributed by atoms with Crippen molar-refractivity contribution in [3.63, 3.8) is 0 Å². The van der Waals surface area contributed by atoms with E-state index in [0.29, 0.717) is 6.04 Å². The van der Waals surface area contributed by atoms with Crippen molar-refractivity contribution >= 4 is 0 Å². The second-order valence-corrected chi connectivity index (χ2v) is 5.99. The first-order valence-corrected chi connectivity index (χ1v) is 6.90. The number of nitrogens with zero attached hydrogens (tertiary/aromatic N) is 2. The molecule has 2 aliphatic rings. The van der Waals surface area contributed by atoms with Crippen molar-refractivity contribution in [2.24, 2.45) is 0 Å². The molecule has 2 aliphatic heterocycles. The van der Waals surface area contributed by atoms with Crippen molar-refractivity contribution in [3.8, 4) is 0 Å². The van der Waals surface area contributed by atoms with E-state index >= 15 is 0 Å². The molecule has 0 aromatic rings. The minimum absolute atomic E-state index is 0.462. The summed E-state index contributed by atoms with van der Waals surface area (Å²) >= 11 is 0. The summed E-state index contributed by atoms with van der Waals surface area (Å²) in [4.78, 5) is 4.67. The molecule has 2 rings (SSSR count). The third kappa shape index (κ3) is 3.91. The topological polar surface area (TPSA) is 38.7 Å². The zero-order valence-corrected chi connectivity index (χ0v) is 11.3. The van der Waals surface area contributed by atoms with E-state index in [9.17, 15) is 5.11 Å². The molecule has 2 fully saturated rings. The number of likely N-dealkylation sites (tertiary alicyclic amines) is 2. The molecule has 0 aromatic heterocycles. The third-order valence-electron chi connectivity index (χ3n) is 4.36. The lowest BCUT2D eigenvalue weighted by molar-refractivity contribution is -0.0174. The van der Waals surface area contributed by atoms with E-state index in [1.807, 2.05) is 0 Å². The Labute approximate surface area is 105 Å². The van der Waals surface area contributed by atoms with E-state index in [-0.39, 0.29) is 0 Å². The molecule has 100 valence electrons. The zero-order chi connectivity index (χ0) is 12.3. The molecule has 4 heteroatoms. The Morgan fingerprint density at radius 1 is 1.06 bits per heavy atom. The predicted octanol–water partition coefficient (Wildman–Crippen LogP) is 0.127. The fourth-order valence-electron chi connectivity index (χ4n) is 2.76. The number of nitrogens with one attached hydrogen (secondary N) is 1. The van der Waals surface area contributed by atoms with Gasteiger partial charge in [0.15, 0.2) is 0 Å². The fourth-order valence-corrected chi connectivity index (χ4v) is 2.76. The number of aliphatic hydroxyl groups is 1. The number of hydrogen-bond donors (Lipinski definition) is 2. The highest BCUT2D eigenvalue weighted by Gasteiger charge is 2.31. The Kier molecular flexibility index (Phi) is 4.42. The van der Waals surface area contributed by atoms with Gasteiger partial charge in [-0.05, 0) is 52.9 Å². The van der Waals surface area contributed by atoms with E-state index in [2.05, 4.69) is 29.2 Å². The first kappa shape index (κ1) is 13.3. The van der Waals surface area contributed by atoms with Gasteiger partial charge in [0.2, 0.25) is 0 Å². The van der Waals surface area contributed by atoms with Crippen LogP contribution in [0.2, 0.25) is 0 Å². The minimum atomic E-state index is -0.462. The van der Waals surface area contributed by atoms with Crippen LogP contribution in [0.5, 0.6) is 0 Å². The van der Waals surface area contributed by atoms with Crippen LogP contribution in [0.3, 0.4) is 0 Å². The van der Waals surface area contributed by atoms with Crippen LogP contribution >= 0.6 is 0 Å². The monoisotopic (exact) mass is 241 g/mol. The van der Waals surface area contributed by atoms with Crippen LogP contribution < -0.4 is 5.32 Å². The first-order chi connectivity index (χ1) is 8.07. The molecule has 2 N–H and O–H groups in total. The predicted molar refractivity (Wildman–Crippen MR) is 70.2 cm³/mol. The van der Waals surface area contributed by atoms with Crippen molar-refractivity contribution in [1.29, 1.82) is 0 Å². The number of piperidine rings is 2. The quantitative estimate of drug-likeness (QED) is 0.736. The Balaban J connectivity index is 1.70. The summed E-state index contributed by atoms with van der Waals surface area (Å²) in [6.07, 6.45) is 4.24. The molecule has 0 atom stereocenters. The van der Waals surface area contributed by atoms with Crippen molar-refractivity contribution < 1.29 is 5.11 Å². The van der Waals surface area contributed by atoms with Gasteiger partial charge in [-0.2, -0.15) is 0 Å². The summed E-state index contributed by atoms with van der Waals surface area (Å²) in [5.74, 6) is 0. The van der Waals surface area contributed by atoms with Gasteiger partial charge < -0.3 is 20.2 Å². The molecule has 0 aliphatic carbocycles. The van der Waals surface area contributed by atoms with Gasteiger partial charge in [-0.1, -0.05) is 0 Å². The van der Waals surface area contributed by atoms with Gasteiger partial charge in [0.25, 0.3) is 0 Å². The molecule has 2 saturated heterocycles. The van der Waals surface area contributed by atoms with Crippen LogP contribution in [0.4, 0.5) is 0 Å². The van der Waals surface area contributed by atoms with Crippen LogP contribution in [0.1, 0.15) is 25.7 Å². The lowest BCUT2D eigenvalue weighted by Crippen LogP contribution is -2.52. The lowest BCUT2D eigenvalue weighted by Gasteiger charge is -2.38. The zero-order valence-electron chi connectivity index (χ0n) is 11.3. The second-order valence-electron chi connectivity index (χ2n) is 5.99. The van der Waals surface area contributed by atoms with Gasteiger partial charge in [-0.25, -0.2) is 0 Å². The smallest absolute Gasteiger partial charge is 0.0796 e. The molecular weight excluding hydrogens is 214 g/mol. The largest absolute Gasteiger partial charge is 0.388 e. The molecule has 0 radical (unpaired) electrons. The van der Waals surface area contributed by atoms with Crippen LogP contribution in [0, 0.1) is 0 Å². The van der Waals surface area contributed by atoms with Crippen molar-refractivity contribution in [2.75, 3.05) is 46.8 Å². The molecule has 0 saturated carbocycles. The van der Waals surface area contributed by atoms with E-state index in [1.54, 1.807) is 0 Å². The molecule has 0 aromatic carbocycles. The average molecular weight is 241 g/mol. The Morgan fingerprint density at radius 2 is 1.59 bits per heavy atom. The van der Waals surface area contributed by atoms with Gasteiger partial charge in [0.1, 0.15) is 0 Å². The highest BCUT2D eigenvalue weighted by molar-refractivity contribution is 4.88. The number of hydrogen-bond acceptors (Lipinski definition) is 4.